The highest BCUT2D eigenvalue weighted by Gasteiger charge is 2.26. The van der Waals surface area contributed by atoms with Crippen molar-refractivity contribution in [2.45, 2.75) is 20.4 Å². The van der Waals surface area contributed by atoms with Crippen molar-refractivity contribution in [3.63, 3.8) is 0 Å². The van der Waals surface area contributed by atoms with Gasteiger partial charge in [-0.15, -0.1) is 0 Å². The molecule has 3 heterocycles. The minimum absolute atomic E-state index is 0.191. The van der Waals surface area contributed by atoms with Gasteiger partial charge in [0.1, 0.15) is 19.5 Å². The number of hydrogen-bond acceptors (Lipinski definition) is 6. The van der Waals surface area contributed by atoms with E-state index in [1.54, 1.807) is 17.3 Å². The highest BCUT2D eigenvalue weighted by molar-refractivity contribution is 7.22. The van der Waals surface area contributed by atoms with Crippen LogP contribution < -0.4 is 4.90 Å². The summed E-state index contributed by atoms with van der Waals surface area (Å²) in [7, 11) is 0. The number of anilines is 1. The van der Waals surface area contributed by atoms with Gasteiger partial charge < -0.3 is 9.47 Å². The molecular weight excluding hydrogens is 362 g/mol. The summed E-state index contributed by atoms with van der Waals surface area (Å²) in [5.74, 6) is -0.0807. The summed E-state index contributed by atoms with van der Waals surface area (Å²) in [6, 6.07) is 7.94. The summed E-state index contributed by atoms with van der Waals surface area (Å²) in [4.78, 5) is 23.6. The average molecular weight is 381 g/mol. The second-order valence-electron chi connectivity index (χ2n) is 6.35. The number of benzene rings is 1. The summed E-state index contributed by atoms with van der Waals surface area (Å²) < 4.78 is 11.8. The van der Waals surface area contributed by atoms with Gasteiger partial charge in [0.05, 0.1) is 16.8 Å². The number of carbonyl (C=O) groups is 1. The van der Waals surface area contributed by atoms with E-state index in [1.165, 1.54) is 28.7 Å². The molecule has 1 amide bonds. The quantitative estimate of drug-likeness (QED) is 0.689. The number of thiazole rings is 1. The van der Waals surface area contributed by atoms with Crippen LogP contribution in [-0.4, -0.2) is 29.1 Å². The van der Waals surface area contributed by atoms with Crippen LogP contribution in [0, 0.1) is 13.8 Å². The van der Waals surface area contributed by atoms with Gasteiger partial charge in [0.25, 0.3) is 5.91 Å². The largest absolute Gasteiger partial charge is 0.494 e. The van der Waals surface area contributed by atoms with Crippen LogP contribution >= 0.6 is 11.3 Å². The third-order valence-corrected chi connectivity index (χ3v) is 5.43. The van der Waals surface area contributed by atoms with E-state index in [2.05, 4.69) is 31.0 Å². The molecule has 7 heteroatoms. The smallest absolute Gasteiger partial charge is 0.298 e. The predicted molar refractivity (Wildman–Crippen MR) is 105 cm³/mol. The second kappa shape index (κ2) is 7.36. The van der Waals surface area contributed by atoms with E-state index in [4.69, 9.17) is 14.5 Å². The molecule has 1 aromatic carbocycles. The van der Waals surface area contributed by atoms with Gasteiger partial charge in [-0.1, -0.05) is 17.4 Å². The Hall–Kier alpha value is -2.93. The summed E-state index contributed by atoms with van der Waals surface area (Å²) >= 11 is 1.49. The maximum absolute atomic E-state index is 13.1. The Balaban J connectivity index is 1.74. The van der Waals surface area contributed by atoms with Gasteiger partial charge >= 0.3 is 0 Å². The van der Waals surface area contributed by atoms with Crippen molar-refractivity contribution in [2.24, 2.45) is 0 Å². The number of fused-ring (bicyclic) bond motifs is 1. The van der Waals surface area contributed by atoms with Crippen LogP contribution in [0.5, 0.6) is 0 Å². The Bertz CT molecular complexity index is 975. The Labute approximate surface area is 161 Å². The summed E-state index contributed by atoms with van der Waals surface area (Å²) in [5.41, 5.74) is 4.18. The fourth-order valence-corrected chi connectivity index (χ4v) is 3.84. The number of pyridine rings is 1. The molecule has 0 atom stereocenters. The van der Waals surface area contributed by atoms with Gasteiger partial charge in [0, 0.05) is 12.4 Å². The van der Waals surface area contributed by atoms with E-state index in [0.717, 1.165) is 15.8 Å². The van der Waals surface area contributed by atoms with E-state index in [1.807, 2.05) is 12.1 Å². The lowest BCUT2D eigenvalue weighted by Gasteiger charge is -2.23. The van der Waals surface area contributed by atoms with Crippen LogP contribution in [-0.2, 0) is 20.8 Å². The van der Waals surface area contributed by atoms with E-state index in [9.17, 15) is 4.79 Å². The number of rotatable bonds is 4. The normalized spacial score (nSPS) is 13.6. The first-order valence-electron chi connectivity index (χ1n) is 8.65. The van der Waals surface area contributed by atoms with E-state index in [-0.39, 0.29) is 11.7 Å². The topological polar surface area (TPSA) is 64.6 Å². The molecule has 4 rings (SSSR count). The van der Waals surface area contributed by atoms with Crippen molar-refractivity contribution in [1.82, 2.24) is 9.97 Å². The van der Waals surface area contributed by atoms with Crippen molar-refractivity contribution >= 4 is 32.6 Å². The first-order chi connectivity index (χ1) is 13.1. The summed E-state index contributed by atoms with van der Waals surface area (Å²) in [5, 5.41) is 0.624. The molecule has 0 saturated carbocycles. The fraction of sp³-hybridized carbons (Fsp3) is 0.250. The highest BCUT2D eigenvalue weighted by Crippen LogP contribution is 2.32. The van der Waals surface area contributed by atoms with Gasteiger partial charge in [-0.05, 0) is 48.7 Å². The lowest BCUT2D eigenvalue weighted by atomic mass is 10.1. The molecular formula is C20H19N3O3S. The maximum atomic E-state index is 13.1. The van der Waals surface area contributed by atoms with Gasteiger partial charge in [0.15, 0.2) is 5.13 Å². The molecule has 0 aliphatic carbocycles. The number of nitrogens with zero attached hydrogens (tertiary/aromatic N) is 3. The number of amides is 1. The SMILES string of the molecule is Cc1cc2nc(N(Cc3cccnc3)C(=O)C3=COCCO3)sc2cc1C. The number of ether oxygens (including phenoxy) is 2. The predicted octanol–water partition coefficient (Wildman–Crippen LogP) is 3.73. The molecule has 1 aliphatic heterocycles. The van der Waals surface area contributed by atoms with E-state index < -0.39 is 0 Å². The van der Waals surface area contributed by atoms with Crippen LogP contribution in [0.25, 0.3) is 10.2 Å². The van der Waals surface area contributed by atoms with Crippen molar-refractivity contribution in [2.75, 3.05) is 18.1 Å². The Morgan fingerprint density at radius 3 is 2.85 bits per heavy atom. The zero-order valence-corrected chi connectivity index (χ0v) is 16.0. The zero-order valence-electron chi connectivity index (χ0n) is 15.1. The summed E-state index contributed by atoms with van der Waals surface area (Å²) in [6.07, 6.45) is 4.83. The molecule has 138 valence electrons. The standard InChI is InChI=1S/C20H19N3O3S/c1-13-8-16-18(9-14(13)2)27-20(22-16)23(11-15-4-3-5-21-10-15)19(24)17-12-25-6-7-26-17/h3-5,8-10,12H,6-7,11H2,1-2H3. The molecule has 0 bridgehead atoms. The van der Waals surface area contributed by atoms with Crippen LogP contribution in [0.4, 0.5) is 5.13 Å². The molecule has 0 unspecified atom stereocenters. The molecule has 0 fully saturated rings. The van der Waals surface area contributed by atoms with Crippen LogP contribution in [0.3, 0.4) is 0 Å². The van der Waals surface area contributed by atoms with Gasteiger partial charge in [0.2, 0.25) is 5.76 Å². The Kier molecular flexibility index (Phi) is 4.77. The monoisotopic (exact) mass is 381 g/mol. The molecule has 0 N–H and O–H groups in total. The summed E-state index contributed by atoms with van der Waals surface area (Å²) in [6.45, 7) is 5.29. The fourth-order valence-electron chi connectivity index (χ4n) is 2.80. The van der Waals surface area contributed by atoms with E-state index in [0.29, 0.717) is 24.9 Å². The van der Waals surface area contributed by atoms with Crippen molar-refractivity contribution in [3.8, 4) is 0 Å². The molecule has 2 aromatic heterocycles. The third-order valence-electron chi connectivity index (χ3n) is 4.39. The molecule has 1 aliphatic rings. The number of carbonyl (C=O) groups excluding carboxylic acids is 1. The van der Waals surface area contributed by atoms with Crippen LogP contribution in [0.2, 0.25) is 0 Å². The molecule has 0 spiro atoms. The first-order valence-corrected chi connectivity index (χ1v) is 9.46. The van der Waals surface area contributed by atoms with Crippen molar-refractivity contribution < 1.29 is 14.3 Å². The lowest BCUT2D eigenvalue weighted by molar-refractivity contribution is -0.119. The number of aryl methyl sites for hydroxylation is 2. The third kappa shape index (κ3) is 3.64. The number of aromatic nitrogens is 2. The zero-order chi connectivity index (χ0) is 18.8. The van der Waals surface area contributed by atoms with Gasteiger partial charge in [-0.3, -0.25) is 14.7 Å². The maximum Gasteiger partial charge on any atom is 0.298 e. The number of hydrogen-bond donors (Lipinski definition) is 0. The van der Waals surface area contributed by atoms with Crippen LogP contribution in [0.15, 0.2) is 48.7 Å². The van der Waals surface area contributed by atoms with Gasteiger partial charge in [-0.25, -0.2) is 4.98 Å². The van der Waals surface area contributed by atoms with Crippen molar-refractivity contribution in [1.29, 1.82) is 0 Å². The van der Waals surface area contributed by atoms with Crippen LogP contribution in [0.1, 0.15) is 16.7 Å². The van der Waals surface area contributed by atoms with E-state index >= 15 is 0 Å². The van der Waals surface area contributed by atoms with Crippen molar-refractivity contribution in [3.05, 3.63) is 65.4 Å². The molecule has 6 nitrogen and oxygen atoms in total. The lowest BCUT2D eigenvalue weighted by Crippen LogP contribution is -2.33. The molecule has 0 radical (unpaired) electrons. The highest BCUT2D eigenvalue weighted by atomic mass is 32.1. The average Bonchev–Trinajstić information content (AvgIpc) is 3.10. The first kappa shape index (κ1) is 17.5. The minimum atomic E-state index is -0.272. The minimum Gasteiger partial charge on any atom is -0.494 e. The Morgan fingerprint density at radius 2 is 2.11 bits per heavy atom. The molecule has 0 saturated heterocycles. The molecule has 27 heavy (non-hydrogen) atoms. The molecule has 3 aromatic rings. The second-order valence-corrected chi connectivity index (χ2v) is 7.36. The Morgan fingerprint density at radius 1 is 1.26 bits per heavy atom. The van der Waals surface area contributed by atoms with Gasteiger partial charge in [-0.2, -0.15) is 0 Å².